The minimum atomic E-state index is -0.441. The highest BCUT2D eigenvalue weighted by atomic mass is 16.3. The van der Waals surface area contributed by atoms with Gasteiger partial charge in [-0.1, -0.05) is 20.8 Å². The van der Waals surface area contributed by atoms with E-state index in [0.717, 1.165) is 13.0 Å². The molecule has 2 heterocycles. The van der Waals surface area contributed by atoms with E-state index in [-0.39, 0.29) is 5.41 Å². The Balaban J connectivity index is 2.24. The molecule has 2 saturated heterocycles. The Labute approximate surface area is 80.9 Å². The molecule has 76 valence electrons. The van der Waals surface area contributed by atoms with E-state index >= 15 is 0 Å². The van der Waals surface area contributed by atoms with Gasteiger partial charge in [0.1, 0.15) is 0 Å². The van der Waals surface area contributed by atoms with Crippen molar-refractivity contribution in [1.82, 2.24) is 4.90 Å². The van der Waals surface area contributed by atoms with Crippen molar-refractivity contribution in [2.24, 2.45) is 5.41 Å². The molecule has 2 rings (SSSR count). The van der Waals surface area contributed by atoms with Crippen molar-refractivity contribution < 1.29 is 5.11 Å². The number of rotatable bonds is 0. The van der Waals surface area contributed by atoms with Gasteiger partial charge in [-0.3, -0.25) is 4.90 Å². The van der Waals surface area contributed by atoms with Gasteiger partial charge in [0, 0.05) is 12.6 Å². The van der Waals surface area contributed by atoms with E-state index in [2.05, 4.69) is 25.7 Å². The van der Waals surface area contributed by atoms with Crippen LogP contribution in [0.1, 0.15) is 40.0 Å². The molecule has 0 bridgehead atoms. The molecule has 0 radical (unpaired) electrons. The third-order valence-electron chi connectivity index (χ3n) is 3.99. The lowest BCUT2D eigenvalue weighted by atomic mass is 9.71. The first-order chi connectivity index (χ1) is 5.95. The molecule has 2 aliphatic heterocycles. The average molecular weight is 183 g/mol. The molecule has 0 saturated carbocycles. The third kappa shape index (κ3) is 1.23. The Hall–Kier alpha value is -0.0800. The van der Waals surface area contributed by atoms with Gasteiger partial charge in [0.2, 0.25) is 0 Å². The summed E-state index contributed by atoms with van der Waals surface area (Å²) in [5, 5.41) is 10.7. The summed E-state index contributed by atoms with van der Waals surface area (Å²) < 4.78 is 0. The first kappa shape index (κ1) is 9.47. The predicted octanol–water partition coefficient (Wildman–Crippen LogP) is 1.63. The second kappa shape index (κ2) is 2.71. The zero-order chi connectivity index (χ0) is 9.69. The topological polar surface area (TPSA) is 23.5 Å². The summed E-state index contributed by atoms with van der Waals surface area (Å²) in [6, 6.07) is 0.437. The van der Waals surface area contributed by atoms with Crippen LogP contribution in [0.25, 0.3) is 0 Å². The van der Waals surface area contributed by atoms with Gasteiger partial charge in [-0.25, -0.2) is 0 Å². The molecule has 0 spiro atoms. The Morgan fingerprint density at radius 1 is 1.31 bits per heavy atom. The highest BCUT2D eigenvalue weighted by Gasteiger charge is 2.54. The lowest BCUT2D eigenvalue weighted by Gasteiger charge is -2.41. The summed E-state index contributed by atoms with van der Waals surface area (Å²) >= 11 is 0. The van der Waals surface area contributed by atoms with Crippen molar-refractivity contribution in [2.45, 2.75) is 51.7 Å². The zero-order valence-electron chi connectivity index (χ0n) is 9.01. The van der Waals surface area contributed by atoms with Gasteiger partial charge in [-0.05, 0) is 31.2 Å². The van der Waals surface area contributed by atoms with Crippen molar-refractivity contribution >= 4 is 0 Å². The number of hydrogen-bond donors (Lipinski definition) is 1. The summed E-state index contributed by atoms with van der Waals surface area (Å²) in [7, 11) is 0. The van der Waals surface area contributed by atoms with Crippen molar-refractivity contribution in [3.05, 3.63) is 0 Å². The molecule has 2 aliphatic rings. The van der Waals surface area contributed by atoms with Crippen LogP contribution in [0.4, 0.5) is 0 Å². The molecule has 2 heteroatoms. The molecule has 1 N–H and O–H groups in total. The molecule has 0 aliphatic carbocycles. The van der Waals surface area contributed by atoms with Crippen molar-refractivity contribution in [2.75, 3.05) is 13.1 Å². The van der Waals surface area contributed by atoms with Crippen LogP contribution >= 0.6 is 0 Å². The Morgan fingerprint density at radius 3 is 2.62 bits per heavy atom. The zero-order valence-corrected chi connectivity index (χ0v) is 9.01. The van der Waals surface area contributed by atoms with Gasteiger partial charge in [-0.15, -0.1) is 0 Å². The normalized spacial score (nSPS) is 41.1. The second-order valence-electron chi connectivity index (χ2n) is 5.62. The highest BCUT2D eigenvalue weighted by Crippen LogP contribution is 2.46. The van der Waals surface area contributed by atoms with E-state index < -0.39 is 5.60 Å². The summed E-state index contributed by atoms with van der Waals surface area (Å²) in [6.45, 7) is 8.78. The van der Waals surface area contributed by atoms with Gasteiger partial charge in [0.05, 0.1) is 5.60 Å². The Morgan fingerprint density at radius 2 is 2.00 bits per heavy atom. The molecule has 2 atom stereocenters. The number of nitrogens with zero attached hydrogens (tertiary/aromatic N) is 1. The van der Waals surface area contributed by atoms with Crippen molar-refractivity contribution in [3.63, 3.8) is 0 Å². The molecular formula is C11H21NO. The van der Waals surface area contributed by atoms with Crippen molar-refractivity contribution in [1.29, 1.82) is 0 Å². The summed E-state index contributed by atoms with van der Waals surface area (Å²) in [5.74, 6) is 0. The number of fused-ring (bicyclic) bond motifs is 1. The maximum absolute atomic E-state index is 10.7. The predicted molar refractivity (Wildman–Crippen MR) is 53.6 cm³/mol. The first-order valence-corrected chi connectivity index (χ1v) is 5.41. The minimum absolute atomic E-state index is 0.0246. The van der Waals surface area contributed by atoms with Gasteiger partial charge in [0.25, 0.3) is 0 Å². The summed E-state index contributed by atoms with van der Waals surface area (Å²) in [5.41, 5.74) is -0.416. The van der Waals surface area contributed by atoms with E-state index in [4.69, 9.17) is 0 Å². The van der Waals surface area contributed by atoms with Crippen molar-refractivity contribution in [3.8, 4) is 0 Å². The smallest absolute Gasteiger partial charge is 0.0862 e. The maximum atomic E-state index is 10.7. The van der Waals surface area contributed by atoms with Crippen LogP contribution in [-0.4, -0.2) is 34.7 Å². The first-order valence-electron chi connectivity index (χ1n) is 5.41. The molecule has 0 aromatic carbocycles. The SMILES string of the molecule is CC(C)(C)C1(O)CCN2CCCC21. The minimum Gasteiger partial charge on any atom is -0.388 e. The summed E-state index contributed by atoms with van der Waals surface area (Å²) in [4.78, 5) is 2.46. The van der Waals surface area contributed by atoms with Crippen LogP contribution < -0.4 is 0 Å². The molecule has 2 unspecified atom stereocenters. The Kier molecular flexibility index (Phi) is 1.97. The van der Waals surface area contributed by atoms with Crippen LogP contribution in [0.15, 0.2) is 0 Å². The molecular weight excluding hydrogens is 162 g/mol. The molecule has 2 nitrogen and oxygen atoms in total. The monoisotopic (exact) mass is 183 g/mol. The van der Waals surface area contributed by atoms with Crippen LogP contribution in [0.5, 0.6) is 0 Å². The summed E-state index contributed by atoms with van der Waals surface area (Å²) in [6.07, 6.45) is 3.41. The molecule has 13 heavy (non-hydrogen) atoms. The average Bonchev–Trinajstić information content (AvgIpc) is 2.52. The molecule has 2 fully saturated rings. The van der Waals surface area contributed by atoms with Gasteiger partial charge in [0.15, 0.2) is 0 Å². The van der Waals surface area contributed by atoms with E-state index in [9.17, 15) is 5.11 Å². The number of hydrogen-bond acceptors (Lipinski definition) is 2. The van der Waals surface area contributed by atoms with Gasteiger partial charge >= 0.3 is 0 Å². The van der Waals surface area contributed by atoms with Crippen LogP contribution in [0, 0.1) is 5.41 Å². The molecule has 0 amide bonds. The van der Waals surface area contributed by atoms with E-state index in [1.54, 1.807) is 0 Å². The molecule has 0 aromatic heterocycles. The lowest BCUT2D eigenvalue weighted by Crippen LogP contribution is -2.50. The highest BCUT2D eigenvalue weighted by molar-refractivity contribution is 5.07. The fraction of sp³-hybridized carbons (Fsp3) is 1.00. The fourth-order valence-electron chi connectivity index (χ4n) is 2.99. The largest absolute Gasteiger partial charge is 0.388 e. The lowest BCUT2D eigenvalue weighted by molar-refractivity contribution is -0.0757. The van der Waals surface area contributed by atoms with Gasteiger partial charge < -0.3 is 5.11 Å². The standard InChI is InChI=1S/C11H21NO/c1-10(2,3)11(13)6-8-12-7-4-5-9(11)12/h9,13H,4-8H2,1-3H3. The molecule has 0 aromatic rings. The van der Waals surface area contributed by atoms with Crippen LogP contribution in [0.3, 0.4) is 0 Å². The van der Waals surface area contributed by atoms with E-state index in [1.165, 1.54) is 19.4 Å². The second-order valence-corrected chi connectivity index (χ2v) is 5.62. The fourth-order valence-corrected chi connectivity index (χ4v) is 2.99. The third-order valence-corrected chi connectivity index (χ3v) is 3.99. The van der Waals surface area contributed by atoms with Gasteiger partial charge in [-0.2, -0.15) is 0 Å². The van der Waals surface area contributed by atoms with E-state index in [0.29, 0.717) is 6.04 Å². The van der Waals surface area contributed by atoms with E-state index in [1.807, 2.05) is 0 Å². The quantitative estimate of drug-likeness (QED) is 0.617. The number of aliphatic hydroxyl groups is 1. The Bertz CT molecular complexity index is 209. The van der Waals surface area contributed by atoms with Crippen LogP contribution in [-0.2, 0) is 0 Å². The maximum Gasteiger partial charge on any atom is 0.0862 e. The van der Waals surface area contributed by atoms with Crippen LogP contribution in [0.2, 0.25) is 0 Å².